The molecule has 0 bridgehead atoms. The normalized spacial score (nSPS) is 14.3. The highest BCUT2D eigenvalue weighted by Gasteiger charge is 2.22. The molecular formula is C21H28N4S. The minimum absolute atomic E-state index is 0.688. The van der Waals surface area contributed by atoms with E-state index in [1.54, 1.807) is 17.7 Å². The quantitative estimate of drug-likeness (QED) is 0.621. The van der Waals surface area contributed by atoms with Crippen LogP contribution in [0.2, 0.25) is 0 Å². The Morgan fingerprint density at radius 2 is 1.96 bits per heavy atom. The summed E-state index contributed by atoms with van der Waals surface area (Å²) in [4.78, 5) is 15.4. The Hall–Kier alpha value is -1.75. The molecule has 1 N–H and O–H groups in total. The van der Waals surface area contributed by atoms with Crippen LogP contribution in [0.3, 0.4) is 0 Å². The lowest BCUT2D eigenvalue weighted by molar-refractivity contribution is 0.607. The van der Waals surface area contributed by atoms with Gasteiger partial charge < -0.3 is 5.32 Å². The number of nitrogens with one attached hydrogen (secondary N) is 1. The van der Waals surface area contributed by atoms with Crippen LogP contribution in [0.15, 0.2) is 6.33 Å². The molecule has 0 atom stereocenters. The van der Waals surface area contributed by atoms with Crippen molar-refractivity contribution in [3.63, 3.8) is 0 Å². The van der Waals surface area contributed by atoms with E-state index in [0.717, 1.165) is 48.4 Å². The van der Waals surface area contributed by atoms with Crippen molar-refractivity contribution >= 4 is 37.6 Å². The van der Waals surface area contributed by atoms with E-state index in [9.17, 15) is 0 Å². The van der Waals surface area contributed by atoms with E-state index in [-0.39, 0.29) is 0 Å². The molecule has 4 nitrogen and oxygen atoms in total. The second kappa shape index (κ2) is 7.47. The number of thiophene rings is 1. The van der Waals surface area contributed by atoms with E-state index in [4.69, 9.17) is 4.98 Å². The van der Waals surface area contributed by atoms with Gasteiger partial charge in [0.25, 0.3) is 0 Å². The van der Waals surface area contributed by atoms with Gasteiger partial charge in [0, 0.05) is 17.6 Å². The van der Waals surface area contributed by atoms with Gasteiger partial charge in [-0.1, -0.05) is 27.2 Å². The molecule has 0 amide bonds. The first-order chi connectivity index (χ1) is 12.7. The minimum Gasteiger partial charge on any atom is -0.369 e. The van der Waals surface area contributed by atoms with Crippen LogP contribution in [-0.4, -0.2) is 21.5 Å². The molecular weight excluding hydrogens is 340 g/mol. The van der Waals surface area contributed by atoms with Crippen LogP contribution in [0.4, 0.5) is 5.82 Å². The molecule has 5 heteroatoms. The average molecular weight is 369 g/mol. The minimum atomic E-state index is 0.688. The summed E-state index contributed by atoms with van der Waals surface area (Å²) in [6.45, 7) is 7.70. The van der Waals surface area contributed by atoms with Crippen molar-refractivity contribution in [3.8, 4) is 0 Å². The number of rotatable bonds is 6. The largest absolute Gasteiger partial charge is 0.369 e. The fourth-order valence-corrected chi connectivity index (χ4v) is 5.13. The van der Waals surface area contributed by atoms with Gasteiger partial charge in [0.2, 0.25) is 0 Å². The van der Waals surface area contributed by atoms with Crippen LogP contribution in [0.5, 0.6) is 0 Å². The monoisotopic (exact) mass is 368 g/mol. The molecule has 3 aromatic heterocycles. The van der Waals surface area contributed by atoms with Crippen molar-refractivity contribution in [1.82, 2.24) is 15.0 Å². The van der Waals surface area contributed by atoms with E-state index < -0.39 is 0 Å². The zero-order valence-corrected chi connectivity index (χ0v) is 16.9. The summed E-state index contributed by atoms with van der Waals surface area (Å²) in [6.07, 6.45) is 9.99. The fourth-order valence-electron chi connectivity index (χ4n) is 3.99. The standard InChI is InChI=1S/C21H28N4S/c1-4-7-16-14-8-5-6-9-15(14)17-18-19(26-21(17)25-16)20(24-12-23-18)22-11-10-13(2)3/h12-13H,4-11H2,1-3H3,(H,22,23,24). The molecule has 0 aliphatic heterocycles. The number of nitrogens with zero attached hydrogens (tertiary/aromatic N) is 3. The van der Waals surface area contributed by atoms with Gasteiger partial charge in [0.05, 0.1) is 10.2 Å². The third-order valence-electron chi connectivity index (χ3n) is 5.31. The van der Waals surface area contributed by atoms with Crippen LogP contribution in [0.1, 0.15) is 63.3 Å². The zero-order chi connectivity index (χ0) is 18.1. The van der Waals surface area contributed by atoms with E-state index in [1.807, 2.05) is 0 Å². The summed E-state index contributed by atoms with van der Waals surface area (Å²) in [6, 6.07) is 0. The van der Waals surface area contributed by atoms with Crippen molar-refractivity contribution in [1.29, 1.82) is 0 Å². The summed E-state index contributed by atoms with van der Waals surface area (Å²) >= 11 is 1.76. The Balaban J connectivity index is 1.86. The van der Waals surface area contributed by atoms with Crippen LogP contribution < -0.4 is 5.32 Å². The highest BCUT2D eigenvalue weighted by Crippen LogP contribution is 2.40. The third-order valence-corrected chi connectivity index (χ3v) is 6.39. The molecule has 26 heavy (non-hydrogen) atoms. The number of aromatic nitrogens is 3. The topological polar surface area (TPSA) is 50.7 Å². The molecule has 3 heterocycles. The molecule has 0 unspecified atom stereocenters. The van der Waals surface area contributed by atoms with Gasteiger partial charge in [-0.25, -0.2) is 15.0 Å². The Bertz CT molecular complexity index is 929. The maximum absolute atomic E-state index is 5.09. The van der Waals surface area contributed by atoms with Gasteiger partial charge in [-0.2, -0.15) is 0 Å². The first-order valence-corrected chi connectivity index (χ1v) is 10.8. The van der Waals surface area contributed by atoms with Crippen molar-refractivity contribution in [2.75, 3.05) is 11.9 Å². The van der Waals surface area contributed by atoms with Gasteiger partial charge in [-0.15, -0.1) is 11.3 Å². The predicted octanol–water partition coefficient (Wildman–Crippen LogP) is 5.53. The highest BCUT2D eigenvalue weighted by molar-refractivity contribution is 7.26. The molecule has 0 saturated carbocycles. The molecule has 0 spiro atoms. The molecule has 0 saturated heterocycles. The summed E-state index contributed by atoms with van der Waals surface area (Å²) in [5, 5.41) is 4.83. The number of aryl methyl sites for hydroxylation is 2. The number of pyridine rings is 1. The summed E-state index contributed by atoms with van der Waals surface area (Å²) in [7, 11) is 0. The number of hydrogen-bond donors (Lipinski definition) is 1. The Labute approximate surface area is 159 Å². The first kappa shape index (κ1) is 17.7. The lowest BCUT2D eigenvalue weighted by atomic mass is 9.88. The molecule has 1 aliphatic rings. The second-order valence-corrected chi connectivity index (χ2v) is 8.76. The third kappa shape index (κ3) is 3.18. The van der Waals surface area contributed by atoms with Crippen LogP contribution in [0, 0.1) is 5.92 Å². The molecule has 0 radical (unpaired) electrons. The summed E-state index contributed by atoms with van der Waals surface area (Å²) < 4.78 is 1.17. The predicted molar refractivity (Wildman–Crippen MR) is 111 cm³/mol. The van der Waals surface area contributed by atoms with Crippen LogP contribution in [0.25, 0.3) is 20.4 Å². The van der Waals surface area contributed by atoms with Crippen molar-refractivity contribution < 1.29 is 0 Å². The van der Waals surface area contributed by atoms with Gasteiger partial charge in [-0.05, 0) is 55.6 Å². The fraction of sp³-hybridized carbons (Fsp3) is 0.571. The maximum atomic E-state index is 5.09. The van der Waals surface area contributed by atoms with Gasteiger partial charge in [-0.3, -0.25) is 0 Å². The maximum Gasteiger partial charge on any atom is 0.147 e. The van der Waals surface area contributed by atoms with Crippen LogP contribution in [-0.2, 0) is 19.3 Å². The Morgan fingerprint density at radius 1 is 1.15 bits per heavy atom. The Kier molecular flexibility index (Phi) is 5.07. The molecule has 0 aromatic carbocycles. The zero-order valence-electron chi connectivity index (χ0n) is 16.1. The van der Waals surface area contributed by atoms with Crippen molar-refractivity contribution in [2.45, 2.75) is 65.7 Å². The average Bonchev–Trinajstić information content (AvgIpc) is 3.01. The molecule has 4 rings (SSSR count). The van der Waals surface area contributed by atoms with Gasteiger partial charge in [0.1, 0.15) is 17.0 Å². The smallest absolute Gasteiger partial charge is 0.147 e. The van der Waals surface area contributed by atoms with Crippen molar-refractivity contribution in [3.05, 3.63) is 23.1 Å². The summed E-state index contributed by atoms with van der Waals surface area (Å²) in [5.74, 6) is 1.66. The van der Waals surface area contributed by atoms with Gasteiger partial charge in [0.15, 0.2) is 0 Å². The molecule has 1 aliphatic carbocycles. The Morgan fingerprint density at radius 3 is 2.73 bits per heavy atom. The van der Waals surface area contributed by atoms with Crippen LogP contribution >= 0.6 is 11.3 Å². The van der Waals surface area contributed by atoms with E-state index in [0.29, 0.717) is 5.92 Å². The lowest BCUT2D eigenvalue weighted by Crippen LogP contribution is -2.09. The highest BCUT2D eigenvalue weighted by atomic mass is 32.1. The van der Waals surface area contributed by atoms with E-state index in [1.165, 1.54) is 46.2 Å². The second-order valence-electron chi connectivity index (χ2n) is 7.76. The molecule has 138 valence electrons. The number of hydrogen-bond acceptors (Lipinski definition) is 5. The SMILES string of the molecule is CCCc1nc2sc3c(NCCC(C)C)ncnc3c2c2c1CCCC2. The molecule has 0 fully saturated rings. The van der Waals surface area contributed by atoms with E-state index >= 15 is 0 Å². The summed E-state index contributed by atoms with van der Waals surface area (Å²) in [5.41, 5.74) is 5.45. The first-order valence-electron chi connectivity index (χ1n) is 10.0. The van der Waals surface area contributed by atoms with E-state index in [2.05, 4.69) is 36.1 Å². The van der Waals surface area contributed by atoms with Gasteiger partial charge >= 0.3 is 0 Å². The van der Waals surface area contributed by atoms with Crippen molar-refractivity contribution in [2.24, 2.45) is 5.92 Å². The number of fused-ring (bicyclic) bond motifs is 5. The number of anilines is 1. The lowest BCUT2D eigenvalue weighted by Gasteiger charge is -2.19. The molecule has 3 aromatic rings.